The van der Waals surface area contributed by atoms with Crippen LogP contribution < -0.4 is 5.32 Å². The number of nitrogens with zero attached hydrogens (tertiary/aromatic N) is 1. The Kier molecular flexibility index (Phi) is 8.03. The van der Waals surface area contributed by atoms with Crippen LogP contribution in [0.15, 0.2) is 18.2 Å². The molecule has 0 unspecified atom stereocenters. The number of hydrogen-bond acceptors (Lipinski definition) is 2. The summed E-state index contributed by atoms with van der Waals surface area (Å²) >= 11 is 0. The Hall–Kier alpha value is -0.490. The smallest absolute Gasteiger partial charge is 0.314 e. The highest BCUT2D eigenvalue weighted by atomic mass is 35.5. The summed E-state index contributed by atoms with van der Waals surface area (Å²) in [6, 6.07) is 3.82. The number of aryl methyl sites for hydroxylation is 2. The molecule has 1 aliphatic heterocycles. The molecule has 1 saturated heterocycles. The van der Waals surface area contributed by atoms with Crippen molar-refractivity contribution in [1.29, 1.82) is 0 Å². The lowest BCUT2D eigenvalue weighted by molar-refractivity contribution is -0.188. The van der Waals surface area contributed by atoms with Crippen LogP contribution in [-0.4, -0.2) is 37.3 Å². The zero-order chi connectivity index (χ0) is 14.0. The second-order valence-corrected chi connectivity index (χ2v) is 5.04. The van der Waals surface area contributed by atoms with Crippen molar-refractivity contribution in [3.05, 3.63) is 34.9 Å². The fourth-order valence-electron chi connectivity index (χ4n) is 2.75. The number of piperazine rings is 1. The molecule has 0 saturated carbocycles. The average Bonchev–Trinajstić information content (AvgIpc) is 2.33. The molecule has 0 aliphatic carbocycles. The van der Waals surface area contributed by atoms with E-state index >= 15 is 0 Å². The van der Waals surface area contributed by atoms with Crippen molar-refractivity contribution >= 4 is 24.8 Å². The minimum atomic E-state index is -4.24. The Bertz CT molecular complexity index is 426. The molecular formula is C14H21Cl2F3N2. The van der Waals surface area contributed by atoms with E-state index in [-0.39, 0.29) is 24.8 Å². The van der Waals surface area contributed by atoms with Crippen LogP contribution in [0.2, 0.25) is 0 Å². The lowest BCUT2D eigenvalue weighted by Crippen LogP contribution is -2.49. The van der Waals surface area contributed by atoms with Crippen LogP contribution in [0.4, 0.5) is 13.2 Å². The summed E-state index contributed by atoms with van der Waals surface area (Å²) in [4.78, 5) is 1.53. The summed E-state index contributed by atoms with van der Waals surface area (Å²) in [5.74, 6) is 0. The molecule has 1 N–H and O–H groups in total. The van der Waals surface area contributed by atoms with Crippen molar-refractivity contribution in [1.82, 2.24) is 10.2 Å². The van der Waals surface area contributed by atoms with Gasteiger partial charge in [-0.1, -0.05) is 18.2 Å². The SMILES string of the molecule is Cc1cccc(C)c1[C@H](N1CCNCC1)C(F)(F)F.Cl.Cl. The summed E-state index contributed by atoms with van der Waals surface area (Å²) in [7, 11) is 0. The quantitative estimate of drug-likeness (QED) is 0.880. The third kappa shape index (κ3) is 4.74. The van der Waals surface area contributed by atoms with Crippen molar-refractivity contribution < 1.29 is 13.2 Å². The number of nitrogens with one attached hydrogen (secondary N) is 1. The van der Waals surface area contributed by atoms with Crippen molar-refractivity contribution in [3.63, 3.8) is 0 Å². The average molecular weight is 345 g/mol. The fourth-order valence-corrected chi connectivity index (χ4v) is 2.75. The number of rotatable bonds is 2. The normalized spacial score (nSPS) is 17.6. The summed E-state index contributed by atoms with van der Waals surface area (Å²) in [6.45, 7) is 5.58. The number of halogens is 5. The molecule has 122 valence electrons. The largest absolute Gasteiger partial charge is 0.408 e. The fraction of sp³-hybridized carbons (Fsp3) is 0.571. The predicted molar refractivity (Wildman–Crippen MR) is 83.7 cm³/mol. The molecule has 1 aromatic rings. The number of alkyl halides is 3. The summed E-state index contributed by atoms with van der Waals surface area (Å²) in [5, 5.41) is 3.09. The van der Waals surface area contributed by atoms with Gasteiger partial charge in [-0.2, -0.15) is 13.2 Å². The number of hydrogen-bond donors (Lipinski definition) is 1. The van der Waals surface area contributed by atoms with Crippen LogP contribution in [0.1, 0.15) is 22.7 Å². The highest BCUT2D eigenvalue weighted by Crippen LogP contribution is 2.40. The molecular weight excluding hydrogens is 324 g/mol. The Morgan fingerprint density at radius 2 is 1.52 bits per heavy atom. The van der Waals surface area contributed by atoms with E-state index in [1.54, 1.807) is 32.0 Å². The predicted octanol–water partition coefficient (Wildman–Crippen LogP) is 3.66. The minimum Gasteiger partial charge on any atom is -0.314 e. The Morgan fingerprint density at radius 3 is 1.95 bits per heavy atom. The molecule has 1 heterocycles. The van der Waals surface area contributed by atoms with Gasteiger partial charge in [0.05, 0.1) is 0 Å². The van der Waals surface area contributed by atoms with Gasteiger partial charge in [0.15, 0.2) is 0 Å². The van der Waals surface area contributed by atoms with E-state index in [0.717, 1.165) is 0 Å². The molecule has 0 spiro atoms. The molecule has 1 aliphatic rings. The summed E-state index contributed by atoms with van der Waals surface area (Å²) in [6.07, 6.45) is -4.24. The zero-order valence-electron chi connectivity index (χ0n) is 12.0. The van der Waals surface area contributed by atoms with Crippen LogP contribution in [-0.2, 0) is 0 Å². The first-order chi connectivity index (χ1) is 8.91. The molecule has 21 heavy (non-hydrogen) atoms. The van der Waals surface area contributed by atoms with Crippen molar-refractivity contribution in [3.8, 4) is 0 Å². The second kappa shape index (κ2) is 8.22. The van der Waals surface area contributed by atoms with Gasteiger partial charge in [-0.3, -0.25) is 4.90 Å². The Balaban J connectivity index is 0.00000200. The van der Waals surface area contributed by atoms with Crippen LogP contribution in [0.25, 0.3) is 0 Å². The molecule has 0 aromatic heterocycles. The molecule has 7 heteroatoms. The second-order valence-electron chi connectivity index (χ2n) is 5.04. The monoisotopic (exact) mass is 344 g/mol. The van der Waals surface area contributed by atoms with Crippen LogP contribution >= 0.6 is 24.8 Å². The van der Waals surface area contributed by atoms with E-state index in [9.17, 15) is 13.2 Å². The highest BCUT2D eigenvalue weighted by molar-refractivity contribution is 5.85. The van der Waals surface area contributed by atoms with Gasteiger partial charge in [0, 0.05) is 26.2 Å². The van der Waals surface area contributed by atoms with Gasteiger partial charge < -0.3 is 5.32 Å². The first kappa shape index (κ1) is 20.5. The Morgan fingerprint density at radius 1 is 1.05 bits per heavy atom. The van der Waals surface area contributed by atoms with Gasteiger partial charge in [-0.05, 0) is 30.5 Å². The summed E-state index contributed by atoms with van der Waals surface area (Å²) in [5.41, 5.74) is 1.83. The molecule has 0 bridgehead atoms. The van der Waals surface area contributed by atoms with Crippen molar-refractivity contribution in [2.75, 3.05) is 26.2 Å². The molecule has 1 atom stereocenters. The maximum absolute atomic E-state index is 13.5. The van der Waals surface area contributed by atoms with Crippen molar-refractivity contribution in [2.45, 2.75) is 26.1 Å². The molecule has 2 rings (SSSR count). The lowest BCUT2D eigenvalue weighted by Gasteiger charge is -2.37. The highest BCUT2D eigenvalue weighted by Gasteiger charge is 2.45. The maximum Gasteiger partial charge on any atom is 0.408 e. The zero-order valence-corrected chi connectivity index (χ0v) is 13.7. The topological polar surface area (TPSA) is 15.3 Å². The third-order valence-electron chi connectivity index (χ3n) is 3.64. The molecule has 0 amide bonds. The van der Waals surface area contributed by atoms with Gasteiger partial charge in [0.1, 0.15) is 6.04 Å². The minimum absolute atomic E-state index is 0. The lowest BCUT2D eigenvalue weighted by atomic mass is 9.94. The third-order valence-corrected chi connectivity index (χ3v) is 3.64. The standard InChI is InChI=1S/C14H19F3N2.2ClH/c1-10-4-3-5-11(2)12(10)13(14(15,16)17)19-8-6-18-7-9-19;;/h3-5,13,18H,6-9H2,1-2H3;2*1H/t13-;;/m0../s1. The van der Waals surface area contributed by atoms with E-state index in [1.165, 1.54) is 4.90 Å². The maximum atomic E-state index is 13.5. The van der Waals surface area contributed by atoms with E-state index in [2.05, 4.69) is 5.32 Å². The van der Waals surface area contributed by atoms with Crippen LogP contribution in [0.5, 0.6) is 0 Å². The van der Waals surface area contributed by atoms with Gasteiger partial charge in [0.25, 0.3) is 0 Å². The molecule has 2 nitrogen and oxygen atoms in total. The van der Waals surface area contributed by atoms with Gasteiger partial charge in [0.2, 0.25) is 0 Å². The molecule has 1 fully saturated rings. The van der Waals surface area contributed by atoms with Crippen LogP contribution in [0, 0.1) is 13.8 Å². The molecule has 0 radical (unpaired) electrons. The summed E-state index contributed by atoms with van der Waals surface area (Å²) < 4.78 is 40.5. The van der Waals surface area contributed by atoms with E-state index in [4.69, 9.17) is 0 Å². The van der Waals surface area contributed by atoms with E-state index < -0.39 is 12.2 Å². The van der Waals surface area contributed by atoms with E-state index in [1.807, 2.05) is 0 Å². The van der Waals surface area contributed by atoms with Gasteiger partial charge in [-0.15, -0.1) is 24.8 Å². The van der Waals surface area contributed by atoms with Gasteiger partial charge >= 0.3 is 6.18 Å². The Labute approximate surface area is 135 Å². The first-order valence-electron chi connectivity index (χ1n) is 6.49. The van der Waals surface area contributed by atoms with Crippen LogP contribution in [0.3, 0.4) is 0 Å². The number of benzene rings is 1. The van der Waals surface area contributed by atoms with Crippen molar-refractivity contribution in [2.24, 2.45) is 0 Å². The first-order valence-corrected chi connectivity index (χ1v) is 6.49. The molecule has 1 aromatic carbocycles. The van der Waals surface area contributed by atoms with Gasteiger partial charge in [-0.25, -0.2) is 0 Å². The van der Waals surface area contributed by atoms with E-state index in [0.29, 0.717) is 42.9 Å².